The van der Waals surface area contributed by atoms with Gasteiger partial charge in [0.05, 0.1) is 47.7 Å². The van der Waals surface area contributed by atoms with E-state index in [2.05, 4.69) is 15.4 Å². The van der Waals surface area contributed by atoms with Crippen LogP contribution in [-0.2, 0) is 12.7 Å². The van der Waals surface area contributed by atoms with E-state index in [1.54, 1.807) is 24.3 Å². The molecule has 2 amide bonds. The average Bonchev–Trinajstić information content (AvgIpc) is 3.18. The zero-order chi connectivity index (χ0) is 26.9. The van der Waals surface area contributed by atoms with Crippen LogP contribution in [0.25, 0.3) is 10.9 Å². The van der Waals surface area contributed by atoms with E-state index in [4.69, 9.17) is 15.7 Å². The highest BCUT2D eigenvalue weighted by molar-refractivity contribution is 6.10. The lowest BCUT2D eigenvalue weighted by Crippen LogP contribution is -2.19. The Kier molecular flexibility index (Phi) is 6.54. The van der Waals surface area contributed by atoms with Crippen molar-refractivity contribution in [3.8, 4) is 11.8 Å². The fraction of sp³-hybridized carbons (Fsp3) is 0.160. The molecule has 0 saturated heterocycles. The predicted molar refractivity (Wildman–Crippen MR) is 127 cm³/mol. The number of hydrogen-bond acceptors (Lipinski definition) is 6. The Labute approximate surface area is 208 Å². The van der Waals surface area contributed by atoms with Gasteiger partial charge >= 0.3 is 6.18 Å². The number of methoxy groups -OCH3 is 1. The highest BCUT2D eigenvalue weighted by Crippen LogP contribution is 2.36. The number of aromatic nitrogens is 3. The monoisotopic (exact) mass is 508 g/mol. The number of rotatable bonds is 6. The number of primary amides is 1. The van der Waals surface area contributed by atoms with Crippen LogP contribution in [0.3, 0.4) is 0 Å². The Morgan fingerprint density at radius 2 is 1.86 bits per heavy atom. The number of nitriles is 1. The molecule has 2 heterocycles. The molecule has 4 aromatic rings. The van der Waals surface area contributed by atoms with Gasteiger partial charge in [0, 0.05) is 11.5 Å². The number of halogens is 3. The van der Waals surface area contributed by atoms with E-state index < -0.39 is 29.4 Å². The van der Waals surface area contributed by atoms with Crippen LogP contribution in [0.5, 0.6) is 5.75 Å². The molecule has 0 atom stereocenters. The van der Waals surface area contributed by atoms with Crippen LogP contribution in [0, 0.1) is 18.3 Å². The summed E-state index contributed by atoms with van der Waals surface area (Å²) < 4.78 is 47.8. The van der Waals surface area contributed by atoms with E-state index in [1.807, 2.05) is 6.07 Å². The lowest BCUT2D eigenvalue weighted by Gasteiger charge is -2.11. The Bertz CT molecular complexity index is 1570. The molecule has 0 fully saturated rings. The summed E-state index contributed by atoms with van der Waals surface area (Å²) in [5, 5.41) is 15.2. The molecule has 0 spiro atoms. The molecule has 2 aromatic carbocycles. The first-order valence-corrected chi connectivity index (χ1v) is 10.8. The minimum atomic E-state index is -4.87. The number of nitrogens with zero attached hydrogens (tertiary/aromatic N) is 4. The van der Waals surface area contributed by atoms with Gasteiger partial charge in [-0.15, -0.1) is 0 Å². The van der Waals surface area contributed by atoms with Crippen LogP contribution in [-0.4, -0.2) is 33.7 Å². The molecule has 0 aliphatic carbocycles. The van der Waals surface area contributed by atoms with Gasteiger partial charge in [0.25, 0.3) is 5.91 Å². The Balaban J connectivity index is 1.74. The molecule has 0 radical (unpaired) electrons. The highest BCUT2D eigenvalue weighted by Gasteiger charge is 2.39. The fourth-order valence-corrected chi connectivity index (χ4v) is 3.74. The molecular formula is C25H19F3N6O3. The normalized spacial score (nSPS) is 11.2. The molecule has 0 unspecified atom stereocenters. The van der Waals surface area contributed by atoms with Crippen molar-refractivity contribution in [2.45, 2.75) is 19.6 Å². The Morgan fingerprint density at radius 1 is 1.16 bits per heavy atom. The molecule has 0 aliphatic rings. The molecular weight excluding hydrogens is 489 g/mol. The SMILES string of the molecule is COc1ccc2c(C(N)=O)cc(C(=O)Nc3c(C(F)(F)F)nn(Cc4ccc(C#N)cc4)c3C)nc2c1. The number of carbonyl (C=O) groups is 2. The van der Waals surface area contributed by atoms with E-state index >= 15 is 0 Å². The van der Waals surface area contributed by atoms with Gasteiger partial charge in [0.2, 0.25) is 5.91 Å². The molecule has 188 valence electrons. The van der Waals surface area contributed by atoms with Crippen molar-refractivity contribution in [1.82, 2.24) is 14.8 Å². The molecule has 0 aliphatic heterocycles. The molecule has 3 N–H and O–H groups in total. The number of nitrogens with one attached hydrogen (secondary N) is 1. The van der Waals surface area contributed by atoms with E-state index in [0.29, 0.717) is 22.3 Å². The van der Waals surface area contributed by atoms with Crippen molar-refractivity contribution in [2.75, 3.05) is 12.4 Å². The summed E-state index contributed by atoms with van der Waals surface area (Å²) in [5.74, 6) is -1.43. The quantitative estimate of drug-likeness (QED) is 0.404. The second-order valence-electron chi connectivity index (χ2n) is 8.03. The maximum Gasteiger partial charge on any atom is 0.437 e. The summed E-state index contributed by atoms with van der Waals surface area (Å²) in [6, 6.07) is 14.0. The van der Waals surface area contributed by atoms with Gasteiger partial charge in [-0.2, -0.15) is 23.5 Å². The summed E-state index contributed by atoms with van der Waals surface area (Å²) in [5.41, 5.74) is 4.54. The summed E-state index contributed by atoms with van der Waals surface area (Å²) in [4.78, 5) is 29.3. The molecule has 2 aromatic heterocycles. The lowest BCUT2D eigenvalue weighted by atomic mass is 10.1. The zero-order valence-corrected chi connectivity index (χ0v) is 19.6. The number of carbonyl (C=O) groups excluding carboxylic acids is 2. The number of fused-ring (bicyclic) bond motifs is 1. The van der Waals surface area contributed by atoms with Crippen LogP contribution >= 0.6 is 0 Å². The van der Waals surface area contributed by atoms with Gasteiger partial charge in [0.15, 0.2) is 5.69 Å². The summed E-state index contributed by atoms with van der Waals surface area (Å²) >= 11 is 0. The maximum absolute atomic E-state index is 13.8. The van der Waals surface area contributed by atoms with Gasteiger partial charge in [0.1, 0.15) is 11.4 Å². The number of ether oxygens (including phenoxy) is 1. The van der Waals surface area contributed by atoms with E-state index in [0.717, 1.165) is 10.7 Å². The van der Waals surface area contributed by atoms with Crippen molar-refractivity contribution in [3.05, 3.63) is 82.3 Å². The topological polar surface area (TPSA) is 136 Å². The van der Waals surface area contributed by atoms with Crippen LogP contribution in [0.15, 0.2) is 48.5 Å². The summed E-state index contributed by atoms with van der Waals surface area (Å²) in [6.07, 6.45) is -4.87. The predicted octanol–water partition coefficient (Wildman–Crippen LogP) is 4.04. The van der Waals surface area contributed by atoms with Crippen molar-refractivity contribution >= 4 is 28.4 Å². The third kappa shape index (κ3) is 5.06. The first-order chi connectivity index (χ1) is 17.5. The molecule has 12 heteroatoms. The van der Waals surface area contributed by atoms with Crippen LogP contribution in [0.4, 0.5) is 18.9 Å². The van der Waals surface area contributed by atoms with Gasteiger partial charge in [-0.05, 0) is 42.8 Å². The summed E-state index contributed by atoms with van der Waals surface area (Å²) in [7, 11) is 1.42. The van der Waals surface area contributed by atoms with Crippen LogP contribution in [0.2, 0.25) is 0 Å². The number of alkyl halides is 3. The number of amides is 2. The number of hydrogen-bond donors (Lipinski definition) is 2. The molecule has 0 bridgehead atoms. The third-order valence-electron chi connectivity index (χ3n) is 5.64. The molecule has 37 heavy (non-hydrogen) atoms. The fourth-order valence-electron chi connectivity index (χ4n) is 3.74. The standard InChI is InChI=1S/C25H19F3N6O3/c1-13-21(22(25(26,27)28)33-34(13)12-15-5-3-14(11-29)4-6-15)32-24(36)20-10-18(23(30)35)17-8-7-16(37-2)9-19(17)31-20/h3-10H,12H2,1-2H3,(H2,30,35)(H,32,36). The number of nitrogens with two attached hydrogens (primary N) is 1. The smallest absolute Gasteiger partial charge is 0.437 e. The van der Waals surface area contributed by atoms with Gasteiger partial charge in [-0.1, -0.05) is 12.1 Å². The maximum atomic E-state index is 13.8. The van der Waals surface area contributed by atoms with Gasteiger partial charge < -0.3 is 15.8 Å². The van der Waals surface area contributed by atoms with E-state index in [-0.39, 0.29) is 29.0 Å². The largest absolute Gasteiger partial charge is 0.497 e. The van der Waals surface area contributed by atoms with Gasteiger partial charge in [-0.3, -0.25) is 14.3 Å². The first-order valence-electron chi connectivity index (χ1n) is 10.8. The van der Waals surface area contributed by atoms with Crippen molar-refractivity contribution in [2.24, 2.45) is 5.73 Å². The molecule has 9 nitrogen and oxygen atoms in total. The molecule has 0 saturated carbocycles. The van der Waals surface area contributed by atoms with E-state index in [9.17, 15) is 22.8 Å². The van der Waals surface area contributed by atoms with Crippen LogP contribution in [0.1, 0.15) is 43.4 Å². The summed E-state index contributed by atoms with van der Waals surface area (Å²) in [6.45, 7) is 1.35. The number of pyridine rings is 1. The second kappa shape index (κ2) is 9.62. The number of anilines is 1. The highest BCUT2D eigenvalue weighted by atomic mass is 19.4. The Hall–Kier alpha value is -4.92. The van der Waals surface area contributed by atoms with Crippen molar-refractivity contribution in [1.29, 1.82) is 5.26 Å². The minimum Gasteiger partial charge on any atom is -0.497 e. The van der Waals surface area contributed by atoms with Gasteiger partial charge in [-0.25, -0.2) is 4.98 Å². The third-order valence-corrected chi connectivity index (χ3v) is 5.64. The zero-order valence-electron chi connectivity index (χ0n) is 19.6. The minimum absolute atomic E-state index is 0.0259. The van der Waals surface area contributed by atoms with Crippen molar-refractivity contribution in [3.63, 3.8) is 0 Å². The van der Waals surface area contributed by atoms with Crippen LogP contribution < -0.4 is 15.8 Å². The lowest BCUT2D eigenvalue weighted by molar-refractivity contribution is -0.140. The molecule has 4 rings (SSSR count). The Morgan fingerprint density at radius 3 is 2.46 bits per heavy atom. The van der Waals surface area contributed by atoms with Crippen molar-refractivity contribution < 1.29 is 27.5 Å². The van der Waals surface area contributed by atoms with E-state index in [1.165, 1.54) is 32.2 Å². The first kappa shape index (κ1) is 25.2. The average molecular weight is 508 g/mol. The number of benzene rings is 2. The second-order valence-corrected chi connectivity index (χ2v) is 8.03.